The molecule has 42 heavy (non-hydrogen) atoms. The summed E-state index contributed by atoms with van der Waals surface area (Å²) < 4.78 is 0. The number of benzene rings is 6. The van der Waals surface area contributed by atoms with E-state index in [1.807, 2.05) is 22.7 Å². The monoisotopic (exact) mass is 568 g/mol. The molecule has 0 saturated carbocycles. The molecule has 0 nitrogen and oxygen atoms in total. The summed E-state index contributed by atoms with van der Waals surface area (Å²) in [6.45, 7) is 0. The van der Waals surface area contributed by atoms with E-state index in [9.17, 15) is 0 Å². The van der Waals surface area contributed by atoms with Crippen LogP contribution in [0.5, 0.6) is 0 Å². The van der Waals surface area contributed by atoms with E-state index in [0.29, 0.717) is 0 Å². The SMILES string of the molecule is C1=C\c2c3ccccc3c(c3ccccc23)-c2ccc(s2)/C=C\c2c3ccccc3c(c3ccccc23)-c2ccc/1s2. The molecule has 9 rings (SSSR count). The Kier molecular flexibility index (Phi) is 5.34. The van der Waals surface area contributed by atoms with Crippen molar-refractivity contribution in [3.8, 4) is 20.9 Å². The Bertz CT molecular complexity index is 2130. The molecule has 0 amide bonds. The fraction of sp³-hybridized carbons (Fsp3) is 0. The Balaban J connectivity index is 1.42. The molecule has 0 radical (unpaired) electrons. The number of hydrogen-bond donors (Lipinski definition) is 0. The maximum Gasteiger partial charge on any atom is 0.0361 e. The van der Waals surface area contributed by atoms with Crippen LogP contribution in [0.15, 0.2) is 121 Å². The molecule has 2 heteroatoms. The van der Waals surface area contributed by atoms with Crippen LogP contribution in [0.4, 0.5) is 0 Å². The van der Waals surface area contributed by atoms with Gasteiger partial charge >= 0.3 is 0 Å². The molecular formula is C40H24S2. The van der Waals surface area contributed by atoms with Gasteiger partial charge in [-0.05, 0) is 90.6 Å². The summed E-state index contributed by atoms with van der Waals surface area (Å²) in [6.07, 6.45) is 9.26. The van der Waals surface area contributed by atoms with Gasteiger partial charge in [0.25, 0.3) is 0 Å². The zero-order chi connectivity index (χ0) is 27.6. The van der Waals surface area contributed by atoms with Crippen molar-refractivity contribution >= 4 is 90.1 Å². The van der Waals surface area contributed by atoms with Gasteiger partial charge in [0, 0.05) is 30.6 Å². The van der Waals surface area contributed by atoms with Crippen molar-refractivity contribution in [3.05, 3.63) is 142 Å². The average molecular weight is 569 g/mol. The van der Waals surface area contributed by atoms with Crippen molar-refractivity contribution < 1.29 is 0 Å². The number of rotatable bonds is 0. The van der Waals surface area contributed by atoms with Crippen LogP contribution in [0, 0.1) is 0 Å². The highest BCUT2D eigenvalue weighted by molar-refractivity contribution is 7.17. The van der Waals surface area contributed by atoms with Crippen molar-refractivity contribution in [2.45, 2.75) is 0 Å². The van der Waals surface area contributed by atoms with Crippen LogP contribution in [-0.4, -0.2) is 0 Å². The Labute approximate surface area is 252 Å². The molecule has 0 spiro atoms. The maximum atomic E-state index is 2.33. The van der Waals surface area contributed by atoms with Crippen LogP contribution in [0.25, 0.3) is 88.3 Å². The summed E-state index contributed by atoms with van der Waals surface area (Å²) >= 11 is 3.74. The molecule has 1 aliphatic rings. The molecule has 2 aromatic heterocycles. The first kappa shape index (κ1) is 23.9. The smallest absolute Gasteiger partial charge is 0.0361 e. The summed E-state index contributed by atoms with van der Waals surface area (Å²) in [4.78, 5) is 5.10. The topological polar surface area (TPSA) is 0 Å². The lowest BCUT2D eigenvalue weighted by molar-refractivity contribution is 1.73. The van der Waals surface area contributed by atoms with Gasteiger partial charge in [0.2, 0.25) is 0 Å². The zero-order valence-corrected chi connectivity index (χ0v) is 24.3. The summed E-state index contributed by atoms with van der Waals surface area (Å²) in [7, 11) is 0. The summed E-state index contributed by atoms with van der Waals surface area (Å²) in [5, 5.41) is 10.4. The molecule has 0 aliphatic carbocycles. The van der Waals surface area contributed by atoms with E-state index in [-0.39, 0.29) is 0 Å². The third kappa shape index (κ3) is 3.59. The van der Waals surface area contributed by atoms with Gasteiger partial charge in [-0.1, -0.05) is 109 Å². The molecule has 0 fully saturated rings. The van der Waals surface area contributed by atoms with E-state index in [2.05, 4.69) is 146 Å². The van der Waals surface area contributed by atoms with Crippen molar-refractivity contribution in [2.75, 3.05) is 0 Å². The molecule has 6 aromatic carbocycles. The first-order valence-electron chi connectivity index (χ1n) is 14.3. The molecule has 0 atom stereocenters. The van der Waals surface area contributed by atoms with Crippen molar-refractivity contribution in [3.63, 3.8) is 0 Å². The quantitative estimate of drug-likeness (QED) is 0.160. The van der Waals surface area contributed by atoms with Crippen molar-refractivity contribution in [1.29, 1.82) is 0 Å². The lowest BCUT2D eigenvalue weighted by Gasteiger charge is -2.15. The summed E-state index contributed by atoms with van der Waals surface area (Å²) in [5.74, 6) is 0. The van der Waals surface area contributed by atoms with Crippen molar-refractivity contribution in [2.24, 2.45) is 0 Å². The van der Waals surface area contributed by atoms with Crippen LogP contribution < -0.4 is 0 Å². The van der Waals surface area contributed by atoms with Gasteiger partial charge in [-0.25, -0.2) is 0 Å². The predicted molar refractivity (Wildman–Crippen MR) is 187 cm³/mol. The minimum atomic E-state index is 1.25. The van der Waals surface area contributed by atoms with E-state index < -0.39 is 0 Å². The first-order chi connectivity index (χ1) is 20.8. The molecule has 1 aliphatic heterocycles. The second kappa shape index (κ2) is 9.39. The van der Waals surface area contributed by atoms with Gasteiger partial charge in [0.15, 0.2) is 0 Å². The van der Waals surface area contributed by atoms with Gasteiger partial charge < -0.3 is 0 Å². The second-order valence-corrected chi connectivity index (χ2v) is 13.1. The summed E-state index contributed by atoms with van der Waals surface area (Å²) in [5.41, 5.74) is 5.20. The zero-order valence-electron chi connectivity index (χ0n) is 22.7. The highest BCUT2D eigenvalue weighted by Gasteiger charge is 2.17. The Hall–Kier alpha value is -4.76. The largest absolute Gasteiger partial charge is 0.136 e. The Morgan fingerprint density at radius 1 is 0.286 bits per heavy atom. The van der Waals surface area contributed by atoms with Crippen LogP contribution in [0.1, 0.15) is 20.9 Å². The van der Waals surface area contributed by atoms with Crippen LogP contribution >= 0.6 is 22.7 Å². The van der Waals surface area contributed by atoms with Gasteiger partial charge in [0.05, 0.1) is 0 Å². The van der Waals surface area contributed by atoms with E-state index >= 15 is 0 Å². The maximum absolute atomic E-state index is 2.33. The lowest BCUT2D eigenvalue weighted by Crippen LogP contribution is -1.88. The molecule has 0 N–H and O–H groups in total. The second-order valence-electron chi connectivity index (χ2n) is 10.8. The van der Waals surface area contributed by atoms with Gasteiger partial charge in [-0.15, -0.1) is 22.7 Å². The van der Waals surface area contributed by atoms with Crippen molar-refractivity contribution in [1.82, 2.24) is 0 Å². The number of hydrogen-bond acceptors (Lipinski definition) is 2. The van der Waals surface area contributed by atoms with Gasteiger partial charge in [0.1, 0.15) is 0 Å². The Morgan fingerprint density at radius 2 is 0.595 bits per heavy atom. The molecule has 196 valence electrons. The van der Waals surface area contributed by atoms with E-state index in [4.69, 9.17) is 0 Å². The standard InChI is InChI=1S/C40H24S2/c1-5-13-33-27(9-1)31-21-17-25-20-24-38(42-25)40-35-15-7-3-11-29(35)32(30-12-4-8-16-36(30)40)22-18-26-19-23-37(41-26)39(33)34-14-6-2-10-28(31)34/h1-24H/b21-17-,22-18-,25-17?,26-18?,31-21?,32-22?,39-37?,40-38?. The van der Waals surface area contributed by atoms with Gasteiger partial charge in [-0.3, -0.25) is 0 Å². The minimum absolute atomic E-state index is 1.25. The molecular weight excluding hydrogens is 545 g/mol. The fourth-order valence-corrected chi connectivity index (χ4v) is 8.67. The predicted octanol–water partition coefficient (Wildman–Crippen LogP) is 12.4. The third-order valence-corrected chi connectivity index (χ3v) is 10.7. The average Bonchev–Trinajstić information content (AvgIpc) is 3.71. The van der Waals surface area contributed by atoms with E-state index in [0.717, 1.165) is 0 Å². The van der Waals surface area contributed by atoms with E-state index in [1.165, 1.54) is 84.9 Å². The molecule has 0 saturated heterocycles. The summed E-state index contributed by atoms with van der Waals surface area (Å²) in [6, 6.07) is 44.7. The van der Waals surface area contributed by atoms with Crippen LogP contribution in [0.3, 0.4) is 0 Å². The first-order valence-corrected chi connectivity index (χ1v) is 15.9. The minimum Gasteiger partial charge on any atom is -0.136 e. The third-order valence-electron chi connectivity index (χ3n) is 8.52. The van der Waals surface area contributed by atoms with Crippen LogP contribution in [0.2, 0.25) is 0 Å². The van der Waals surface area contributed by atoms with Crippen LogP contribution in [-0.2, 0) is 0 Å². The molecule has 0 unspecified atom stereocenters. The normalized spacial score (nSPS) is 14.1. The number of thiophene rings is 2. The Morgan fingerprint density at radius 3 is 0.929 bits per heavy atom. The highest BCUT2D eigenvalue weighted by Crippen LogP contribution is 2.45. The molecule has 3 heterocycles. The fourth-order valence-electron chi connectivity index (χ4n) is 6.70. The van der Waals surface area contributed by atoms with E-state index in [1.54, 1.807) is 0 Å². The number of fused-ring (bicyclic) bond motifs is 12. The highest BCUT2D eigenvalue weighted by atomic mass is 32.1. The van der Waals surface area contributed by atoms with Gasteiger partial charge in [-0.2, -0.15) is 0 Å². The molecule has 8 aromatic rings. The lowest BCUT2D eigenvalue weighted by atomic mass is 9.90. The molecule has 8 bridgehead atoms.